The number of carbonyl (C=O) groups excluding carboxylic acids is 1. The Hall–Kier alpha value is -0.390. The molecule has 15 heavy (non-hydrogen) atoms. The molecule has 2 atom stereocenters. The van der Waals surface area contributed by atoms with Crippen molar-refractivity contribution in [3.05, 3.63) is 20.8 Å². The van der Waals surface area contributed by atoms with Crippen LogP contribution in [0, 0.1) is 0 Å². The van der Waals surface area contributed by atoms with Gasteiger partial charge in [-0.2, -0.15) is 0 Å². The van der Waals surface area contributed by atoms with Gasteiger partial charge < -0.3 is 10.1 Å². The molecule has 5 heteroatoms. The van der Waals surface area contributed by atoms with Gasteiger partial charge in [0.05, 0.1) is 21.5 Å². The van der Waals surface area contributed by atoms with Gasteiger partial charge in [-0.15, -0.1) is 11.3 Å². The molecule has 0 spiro atoms. The van der Waals surface area contributed by atoms with E-state index in [1.807, 2.05) is 18.4 Å². The van der Waals surface area contributed by atoms with E-state index in [9.17, 15) is 4.79 Å². The van der Waals surface area contributed by atoms with Gasteiger partial charge >= 0.3 is 0 Å². The van der Waals surface area contributed by atoms with E-state index in [0.717, 1.165) is 16.8 Å². The second-order valence-corrected chi connectivity index (χ2v) is 5.87. The lowest BCUT2D eigenvalue weighted by molar-refractivity contribution is 0.0866. The fourth-order valence-corrected chi connectivity index (χ4v) is 2.74. The van der Waals surface area contributed by atoms with Crippen molar-refractivity contribution in [1.29, 1.82) is 0 Å². The normalized spacial score (nSPS) is 25.5. The van der Waals surface area contributed by atoms with Crippen LogP contribution < -0.4 is 5.32 Å². The molecule has 1 aromatic heterocycles. The van der Waals surface area contributed by atoms with E-state index in [0.29, 0.717) is 5.56 Å². The molecule has 0 aromatic carbocycles. The van der Waals surface area contributed by atoms with Crippen molar-refractivity contribution in [2.75, 3.05) is 6.61 Å². The number of amides is 1. The Morgan fingerprint density at radius 3 is 3.07 bits per heavy atom. The smallest absolute Gasteiger partial charge is 0.252 e. The Morgan fingerprint density at radius 2 is 2.53 bits per heavy atom. The standard InChI is InChI=1S/C10H12BrNO2S/c1-6-8(2-3-14-6)12-10(13)7-4-9(11)15-5-7/h4-6,8H,2-3H2,1H3,(H,12,13). The third kappa shape index (κ3) is 2.59. The van der Waals surface area contributed by atoms with Crippen molar-refractivity contribution < 1.29 is 9.53 Å². The summed E-state index contributed by atoms with van der Waals surface area (Å²) >= 11 is 4.85. The lowest BCUT2D eigenvalue weighted by Gasteiger charge is -2.15. The molecule has 0 bridgehead atoms. The molecule has 1 fully saturated rings. The van der Waals surface area contributed by atoms with Crippen molar-refractivity contribution in [2.24, 2.45) is 0 Å². The molecular formula is C10H12BrNO2S. The summed E-state index contributed by atoms with van der Waals surface area (Å²) in [6.45, 7) is 2.72. The third-order valence-electron chi connectivity index (χ3n) is 2.52. The van der Waals surface area contributed by atoms with Gasteiger partial charge in [0, 0.05) is 12.0 Å². The van der Waals surface area contributed by atoms with Crippen molar-refractivity contribution >= 4 is 33.2 Å². The lowest BCUT2D eigenvalue weighted by Crippen LogP contribution is -2.38. The molecule has 2 rings (SSSR count). The zero-order valence-electron chi connectivity index (χ0n) is 8.33. The number of thiophene rings is 1. The van der Waals surface area contributed by atoms with E-state index < -0.39 is 0 Å². The first-order valence-electron chi connectivity index (χ1n) is 4.83. The minimum Gasteiger partial charge on any atom is -0.376 e. The molecular weight excluding hydrogens is 278 g/mol. The summed E-state index contributed by atoms with van der Waals surface area (Å²) in [5, 5.41) is 4.83. The van der Waals surface area contributed by atoms with E-state index in [-0.39, 0.29) is 18.1 Å². The van der Waals surface area contributed by atoms with Crippen LogP contribution in [0.2, 0.25) is 0 Å². The van der Waals surface area contributed by atoms with Crippen LogP contribution in [-0.4, -0.2) is 24.7 Å². The quantitative estimate of drug-likeness (QED) is 0.908. The third-order valence-corrected chi connectivity index (χ3v) is 4.03. The maximum Gasteiger partial charge on any atom is 0.252 e. The predicted molar refractivity (Wildman–Crippen MR) is 63.3 cm³/mol. The number of ether oxygens (including phenoxy) is 1. The number of hydrogen-bond donors (Lipinski definition) is 1. The van der Waals surface area contributed by atoms with E-state index in [1.165, 1.54) is 11.3 Å². The second-order valence-electron chi connectivity index (χ2n) is 3.58. The van der Waals surface area contributed by atoms with Crippen molar-refractivity contribution in [3.63, 3.8) is 0 Å². The highest BCUT2D eigenvalue weighted by molar-refractivity contribution is 9.11. The summed E-state index contributed by atoms with van der Waals surface area (Å²) < 4.78 is 6.36. The first-order valence-corrected chi connectivity index (χ1v) is 6.50. The monoisotopic (exact) mass is 289 g/mol. The Balaban J connectivity index is 1.97. The summed E-state index contributed by atoms with van der Waals surface area (Å²) in [6, 6.07) is 1.98. The summed E-state index contributed by atoms with van der Waals surface area (Å²) in [6.07, 6.45) is 1.02. The lowest BCUT2D eigenvalue weighted by atomic mass is 10.1. The maximum absolute atomic E-state index is 11.8. The molecule has 0 aliphatic carbocycles. The summed E-state index contributed by atoms with van der Waals surface area (Å²) in [5.74, 6) is -0.0145. The Bertz CT molecular complexity index is 366. The van der Waals surface area contributed by atoms with Crippen LogP contribution in [0.3, 0.4) is 0 Å². The van der Waals surface area contributed by atoms with E-state index in [2.05, 4.69) is 21.2 Å². The van der Waals surface area contributed by atoms with Gasteiger partial charge in [-0.05, 0) is 35.3 Å². The van der Waals surface area contributed by atoms with Gasteiger partial charge in [-0.25, -0.2) is 0 Å². The van der Waals surface area contributed by atoms with Crippen LogP contribution in [0.1, 0.15) is 23.7 Å². The molecule has 3 nitrogen and oxygen atoms in total. The van der Waals surface area contributed by atoms with Gasteiger partial charge in [-0.3, -0.25) is 4.79 Å². The topological polar surface area (TPSA) is 38.3 Å². The molecule has 0 saturated carbocycles. The number of nitrogens with one attached hydrogen (secondary N) is 1. The fraction of sp³-hybridized carbons (Fsp3) is 0.500. The number of rotatable bonds is 2. The van der Waals surface area contributed by atoms with Crippen LogP contribution in [0.4, 0.5) is 0 Å². The summed E-state index contributed by atoms with van der Waals surface area (Å²) in [7, 11) is 0. The molecule has 1 amide bonds. The van der Waals surface area contributed by atoms with Crippen LogP contribution in [0.25, 0.3) is 0 Å². The average Bonchev–Trinajstić information content (AvgIpc) is 2.77. The molecule has 0 radical (unpaired) electrons. The van der Waals surface area contributed by atoms with Crippen LogP contribution >= 0.6 is 27.3 Å². The second kappa shape index (κ2) is 4.63. The highest BCUT2D eigenvalue weighted by Gasteiger charge is 2.26. The molecule has 2 unspecified atom stereocenters. The van der Waals surface area contributed by atoms with Crippen molar-refractivity contribution in [1.82, 2.24) is 5.32 Å². The highest BCUT2D eigenvalue weighted by atomic mass is 79.9. The zero-order chi connectivity index (χ0) is 10.8. The van der Waals surface area contributed by atoms with Gasteiger partial charge in [0.25, 0.3) is 5.91 Å². The average molecular weight is 290 g/mol. The minimum atomic E-state index is -0.0145. The molecule has 2 heterocycles. The summed E-state index contributed by atoms with van der Waals surface area (Å²) in [4.78, 5) is 11.8. The molecule has 1 aromatic rings. The highest BCUT2D eigenvalue weighted by Crippen LogP contribution is 2.21. The predicted octanol–water partition coefficient (Wildman–Crippen LogP) is 2.42. The Morgan fingerprint density at radius 1 is 1.73 bits per heavy atom. The molecule has 82 valence electrons. The first-order chi connectivity index (χ1) is 7.16. The first kappa shape index (κ1) is 11.1. The Kier molecular flexibility index (Phi) is 3.43. The van der Waals surface area contributed by atoms with Crippen LogP contribution in [0.5, 0.6) is 0 Å². The van der Waals surface area contributed by atoms with E-state index >= 15 is 0 Å². The molecule has 1 saturated heterocycles. The van der Waals surface area contributed by atoms with Gasteiger partial charge in [0.15, 0.2) is 0 Å². The summed E-state index contributed by atoms with van der Waals surface area (Å²) in [5.41, 5.74) is 0.714. The molecule has 1 aliphatic rings. The molecule has 1 N–H and O–H groups in total. The number of halogens is 1. The van der Waals surface area contributed by atoms with Gasteiger partial charge in [0.2, 0.25) is 0 Å². The van der Waals surface area contributed by atoms with Gasteiger partial charge in [-0.1, -0.05) is 0 Å². The van der Waals surface area contributed by atoms with E-state index in [4.69, 9.17) is 4.74 Å². The fourth-order valence-electron chi connectivity index (χ4n) is 1.60. The SMILES string of the molecule is CC1OCCC1NC(=O)c1csc(Br)c1. The maximum atomic E-state index is 11.8. The van der Waals surface area contributed by atoms with E-state index in [1.54, 1.807) is 0 Å². The van der Waals surface area contributed by atoms with Crippen molar-refractivity contribution in [3.8, 4) is 0 Å². The van der Waals surface area contributed by atoms with Crippen LogP contribution in [-0.2, 0) is 4.74 Å². The number of hydrogen-bond acceptors (Lipinski definition) is 3. The van der Waals surface area contributed by atoms with Gasteiger partial charge in [0.1, 0.15) is 0 Å². The minimum absolute atomic E-state index is 0.0145. The number of carbonyl (C=O) groups is 1. The largest absolute Gasteiger partial charge is 0.376 e. The zero-order valence-corrected chi connectivity index (χ0v) is 10.7. The van der Waals surface area contributed by atoms with Crippen molar-refractivity contribution in [2.45, 2.75) is 25.5 Å². The Labute approximate surface area is 101 Å². The molecule has 1 aliphatic heterocycles. The van der Waals surface area contributed by atoms with Crippen LogP contribution in [0.15, 0.2) is 15.2 Å².